The number of nitrogens with one attached hydrogen (secondary N) is 1. The first-order chi connectivity index (χ1) is 13.1. The summed E-state index contributed by atoms with van der Waals surface area (Å²) >= 11 is 0. The summed E-state index contributed by atoms with van der Waals surface area (Å²) < 4.78 is 5.71. The number of aliphatic hydroxyl groups excluding tert-OH is 1. The second-order valence-electron chi connectivity index (χ2n) is 7.66. The van der Waals surface area contributed by atoms with Crippen LogP contribution in [0.2, 0.25) is 0 Å². The second-order valence-corrected chi connectivity index (χ2v) is 7.66. The molecule has 2 aliphatic heterocycles. The fraction of sp³-hybridized carbons (Fsp3) is 0.476. The van der Waals surface area contributed by atoms with E-state index in [9.17, 15) is 9.90 Å². The van der Waals surface area contributed by atoms with Gasteiger partial charge in [-0.15, -0.1) is 0 Å². The molecule has 1 aromatic carbocycles. The van der Waals surface area contributed by atoms with Crippen LogP contribution in [0.25, 0.3) is 0 Å². The van der Waals surface area contributed by atoms with Crippen LogP contribution in [0.1, 0.15) is 33.0 Å². The molecule has 2 aromatic rings. The molecule has 4 rings (SSSR count). The van der Waals surface area contributed by atoms with Gasteiger partial charge in [-0.25, -0.2) is 0 Å². The van der Waals surface area contributed by atoms with E-state index in [0.717, 1.165) is 50.3 Å². The number of benzene rings is 1. The maximum Gasteiger partial charge on any atom is 0.287 e. The Morgan fingerprint density at radius 2 is 2.00 bits per heavy atom. The molecule has 0 saturated carbocycles. The van der Waals surface area contributed by atoms with Gasteiger partial charge in [0, 0.05) is 51.3 Å². The molecule has 0 spiro atoms. The molecule has 0 radical (unpaired) electrons. The van der Waals surface area contributed by atoms with Crippen molar-refractivity contribution in [2.75, 3.05) is 33.2 Å². The number of nitrogens with zero attached hydrogens (tertiary/aromatic N) is 2. The first kappa shape index (κ1) is 18.2. The minimum Gasteiger partial charge on any atom is -0.456 e. The summed E-state index contributed by atoms with van der Waals surface area (Å²) in [5, 5.41) is 13.2. The first-order valence-electron chi connectivity index (χ1n) is 9.64. The second kappa shape index (κ2) is 7.84. The molecule has 0 fully saturated rings. The van der Waals surface area contributed by atoms with Crippen LogP contribution < -0.4 is 5.32 Å². The third-order valence-electron chi connectivity index (χ3n) is 5.46. The number of furan rings is 1. The van der Waals surface area contributed by atoms with Gasteiger partial charge in [-0.05, 0) is 30.7 Å². The molecule has 1 amide bonds. The highest BCUT2D eigenvalue weighted by Crippen LogP contribution is 2.22. The van der Waals surface area contributed by atoms with Crippen molar-refractivity contribution in [1.82, 2.24) is 15.1 Å². The lowest BCUT2D eigenvalue weighted by molar-refractivity contribution is 0.0819. The molecule has 2 N–H and O–H groups in total. The van der Waals surface area contributed by atoms with Gasteiger partial charge < -0.3 is 19.7 Å². The van der Waals surface area contributed by atoms with Crippen molar-refractivity contribution in [3.8, 4) is 0 Å². The minimum absolute atomic E-state index is 0.224. The van der Waals surface area contributed by atoms with Crippen LogP contribution in [0.15, 0.2) is 34.7 Å². The Balaban J connectivity index is 1.27. The maximum absolute atomic E-state index is 12.4. The number of likely N-dealkylation sites (N-methyl/N-ethyl adjacent to an activating group) is 1. The summed E-state index contributed by atoms with van der Waals surface area (Å²) in [6.07, 6.45) is 1.23. The number of rotatable bonds is 5. The van der Waals surface area contributed by atoms with Gasteiger partial charge in [-0.3, -0.25) is 9.69 Å². The molecule has 0 bridgehead atoms. The predicted octanol–water partition coefficient (Wildman–Crippen LogP) is 1.42. The van der Waals surface area contributed by atoms with E-state index in [0.29, 0.717) is 12.3 Å². The van der Waals surface area contributed by atoms with Crippen molar-refractivity contribution < 1.29 is 14.3 Å². The lowest BCUT2D eigenvalue weighted by atomic mass is 10.00. The smallest absolute Gasteiger partial charge is 0.287 e. The van der Waals surface area contributed by atoms with Crippen LogP contribution in [0, 0.1) is 0 Å². The minimum atomic E-state index is -0.602. The lowest BCUT2D eigenvalue weighted by Gasteiger charge is -2.30. The molecule has 6 nitrogen and oxygen atoms in total. The van der Waals surface area contributed by atoms with Crippen LogP contribution in [0.3, 0.4) is 0 Å². The Morgan fingerprint density at radius 3 is 2.85 bits per heavy atom. The van der Waals surface area contributed by atoms with E-state index >= 15 is 0 Å². The predicted molar refractivity (Wildman–Crippen MR) is 103 cm³/mol. The Morgan fingerprint density at radius 1 is 1.19 bits per heavy atom. The number of hydrogen-bond donors (Lipinski definition) is 2. The van der Waals surface area contributed by atoms with Crippen LogP contribution in [-0.4, -0.2) is 60.1 Å². The zero-order chi connectivity index (χ0) is 18.8. The van der Waals surface area contributed by atoms with Gasteiger partial charge in [0.25, 0.3) is 5.91 Å². The van der Waals surface area contributed by atoms with E-state index < -0.39 is 6.10 Å². The van der Waals surface area contributed by atoms with Gasteiger partial charge in [0.1, 0.15) is 5.76 Å². The van der Waals surface area contributed by atoms with E-state index in [2.05, 4.69) is 46.4 Å². The molecular weight excluding hydrogens is 342 g/mol. The Labute approximate surface area is 159 Å². The fourth-order valence-corrected chi connectivity index (χ4v) is 3.96. The lowest BCUT2D eigenvalue weighted by Crippen LogP contribution is -2.42. The van der Waals surface area contributed by atoms with Gasteiger partial charge in [-0.1, -0.05) is 24.3 Å². The van der Waals surface area contributed by atoms with Crippen molar-refractivity contribution in [3.05, 3.63) is 58.5 Å². The molecule has 0 saturated heterocycles. The van der Waals surface area contributed by atoms with Crippen LogP contribution in [0.4, 0.5) is 0 Å². The fourth-order valence-electron chi connectivity index (χ4n) is 3.96. The molecule has 6 heteroatoms. The molecule has 1 aromatic heterocycles. The first-order valence-corrected chi connectivity index (χ1v) is 9.64. The topological polar surface area (TPSA) is 69.0 Å². The van der Waals surface area contributed by atoms with Crippen molar-refractivity contribution in [2.24, 2.45) is 0 Å². The maximum atomic E-state index is 12.4. The van der Waals surface area contributed by atoms with Gasteiger partial charge in [0.15, 0.2) is 5.76 Å². The van der Waals surface area contributed by atoms with E-state index in [1.54, 1.807) is 0 Å². The largest absolute Gasteiger partial charge is 0.456 e. The summed E-state index contributed by atoms with van der Waals surface area (Å²) in [7, 11) is 2.06. The summed E-state index contributed by atoms with van der Waals surface area (Å²) in [4.78, 5) is 16.8. The number of hydrogen-bond acceptors (Lipinski definition) is 5. The molecular formula is C21H27N3O3. The van der Waals surface area contributed by atoms with E-state index in [1.807, 2.05) is 6.07 Å². The van der Waals surface area contributed by atoms with Crippen molar-refractivity contribution in [2.45, 2.75) is 32.0 Å². The van der Waals surface area contributed by atoms with Crippen LogP contribution in [0.5, 0.6) is 0 Å². The third kappa shape index (κ3) is 4.24. The number of carbonyl (C=O) groups excluding carboxylic acids is 1. The number of aliphatic hydroxyl groups is 1. The average molecular weight is 369 g/mol. The normalized spacial score (nSPS) is 18.6. The molecule has 1 atom stereocenters. The summed E-state index contributed by atoms with van der Waals surface area (Å²) in [5.41, 5.74) is 3.80. The molecule has 144 valence electrons. The molecule has 2 aliphatic rings. The SMILES string of the molecule is CN1CCc2oc(C(=O)NCC(O)CN3CCc4ccccc4C3)cc2C1. The quantitative estimate of drug-likeness (QED) is 0.834. The third-order valence-corrected chi connectivity index (χ3v) is 5.46. The Hall–Kier alpha value is -2.15. The van der Waals surface area contributed by atoms with Gasteiger partial charge in [-0.2, -0.15) is 0 Å². The van der Waals surface area contributed by atoms with Gasteiger partial charge in [0.05, 0.1) is 6.10 Å². The number of β-amino-alcohol motifs (C(OH)–C–C–N with tert-alkyl or cyclic N) is 1. The monoisotopic (exact) mass is 369 g/mol. The van der Waals surface area contributed by atoms with Gasteiger partial charge in [0.2, 0.25) is 0 Å². The summed E-state index contributed by atoms with van der Waals surface area (Å²) in [5.74, 6) is 0.996. The highest BCUT2D eigenvalue weighted by molar-refractivity contribution is 5.91. The Kier molecular flexibility index (Phi) is 5.29. The molecule has 1 unspecified atom stereocenters. The summed E-state index contributed by atoms with van der Waals surface area (Å²) in [6.45, 7) is 4.31. The van der Waals surface area contributed by atoms with Crippen LogP contribution in [-0.2, 0) is 25.9 Å². The van der Waals surface area contributed by atoms with E-state index in [4.69, 9.17) is 4.42 Å². The van der Waals surface area contributed by atoms with Gasteiger partial charge >= 0.3 is 0 Å². The van der Waals surface area contributed by atoms with E-state index in [-0.39, 0.29) is 12.5 Å². The van der Waals surface area contributed by atoms with E-state index in [1.165, 1.54) is 11.1 Å². The Bertz CT molecular complexity index is 817. The standard InChI is InChI=1S/C21H27N3O3/c1-23-8-7-19-17(12-23)10-20(27-19)21(26)22-11-18(25)14-24-9-6-15-4-2-3-5-16(15)13-24/h2-5,10,18,25H,6-9,11-14H2,1H3,(H,22,26). The average Bonchev–Trinajstić information content (AvgIpc) is 3.09. The number of carbonyl (C=O) groups is 1. The highest BCUT2D eigenvalue weighted by Gasteiger charge is 2.22. The van der Waals surface area contributed by atoms with Crippen LogP contribution >= 0.6 is 0 Å². The van der Waals surface area contributed by atoms with Crippen molar-refractivity contribution in [3.63, 3.8) is 0 Å². The highest BCUT2D eigenvalue weighted by atomic mass is 16.4. The molecule has 0 aliphatic carbocycles. The van der Waals surface area contributed by atoms with Crippen molar-refractivity contribution >= 4 is 5.91 Å². The number of amides is 1. The number of fused-ring (bicyclic) bond motifs is 2. The zero-order valence-corrected chi connectivity index (χ0v) is 15.8. The molecule has 3 heterocycles. The zero-order valence-electron chi connectivity index (χ0n) is 15.8. The summed E-state index contributed by atoms with van der Waals surface area (Å²) in [6, 6.07) is 10.3. The van der Waals surface area contributed by atoms with Crippen molar-refractivity contribution in [1.29, 1.82) is 0 Å². The molecule has 27 heavy (non-hydrogen) atoms.